The number of hydrogen-bond donors (Lipinski definition) is 1. The van der Waals surface area contributed by atoms with Crippen molar-refractivity contribution in [2.75, 3.05) is 0 Å². The Morgan fingerprint density at radius 2 is 2.06 bits per heavy atom. The summed E-state index contributed by atoms with van der Waals surface area (Å²) in [5, 5.41) is 1.99. The van der Waals surface area contributed by atoms with E-state index in [1.807, 2.05) is 17.5 Å². The van der Waals surface area contributed by atoms with Crippen molar-refractivity contribution in [3.8, 4) is 0 Å². The van der Waals surface area contributed by atoms with Gasteiger partial charge in [0.1, 0.15) is 5.82 Å². The van der Waals surface area contributed by atoms with E-state index < -0.39 is 0 Å². The summed E-state index contributed by atoms with van der Waals surface area (Å²) in [7, 11) is 0. The lowest BCUT2D eigenvalue weighted by Crippen LogP contribution is -2.10. The van der Waals surface area contributed by atoms with Gasteiger partial charge < -0.3 is 5.73 Å². The molecule has 0 aliphatic carbocycles. The van der Waals surface area contributed by atoms with E-state index in [4.69, 9.17) is 5.73 Å². The quantitative estimate of drug-likeness (QED) is 0.873. The average Bonchev–Trinajstić information content (AvgIpc) is 2.74. The van der Waals surface area contributed by atoms with E-state index in [-0.39, 0.29) is 24.3 Å². The maximum absolute atomic E-state index is 13.1. The maximum atomic E-state index is 13.1. The standard InChI is InChI=1S/C12H12FNS.ClH/c1-8-7-9(4-5-10(8)13)12(14)11-3-2-6-15-11;/h2-7,12H,14H2,1H3;1H/t12-;/m1./s1. The third-order valence-corrected chi connectivity index (χ3v) is 3.35. The third-order valence-electron chi connectivity index (χ3n) is 2.39. The Balaban J connectivity index is 0.00000128. The molecule has 0 bridgehead atoms. The molecule has 1 heterocycles. The summed E-state index contributed by atoms with van der Waals surface area (Å²) in [4.78, 5) is 1.10. The highest BCUT2D eigenvalue weighted by Gasteiger charge is 2.10. The Hall–Kier alpha value is -0.900. The molecule has 1 nitrogen and oxygen atoms in total. The van der Waals surface area contributed by atoms with Gasteiger partial charge in [0.15, 0.2) is 0 Å². The first kappa shape index (κ1) is 13.2. The monoisotopic (exact) mass is 257 g/mol. The molecule has 0 aliphatic rings. The summed E-state index contributed by atoms with van der Waals surface area (Å²) in [5.41, 5.74) is 7.66. The third kappa shape index (κ3) is 2.61. The van der Waals surface area contributed by atoms with Crippen LogP contribution in [0.5, 0.6) is 0 Å². The fraction of sp³-hybridized carbons (Fsp3) is 0.167. The van der Waals surface area contributed by atoms with E-state index in [0.29, 0.717) is 5.56 Å². The van der Waals surface area contributed by atoms with Crippen LogP contribution >= 0.6 is 23.7 Å². The van der Waals surface area contributed by atoms with Gasteiger partial charge in [-0.25, -0.2) is 4.39 Å². The number of thiophene rings is 1. The summed E-state index contributed by atoms with van der Waals surface area (Å²) in [5.74, 6) is -0.183. The highest BCUT2D eigenvalue weighted by molar-refractivity contribution is 7.10. The zero-order valence-electron chi connectivity index (χ0n) is 8.81. The zero-order valence-corrected chi connectivity index (χ0v) is 10.4. The second kappa shape index (κ2) is 5.43. The van der Waals surface area contributed by atoms with Gasteiger partial charge >= 0.3 is 0 Å². The van der Waals surface area contributed by atoms with Crippen LogP contribution in [-0.2, 0) is 0 Å². The van der Waals surface area contributed by atoms with Gasteiger partial charge in [0.25, 0.3) is 0 Å². The van der Waals surface area contributed by atoms with E-state index in [1.165, 1.54) is 6.07 Å². The van der Waals surface area contributed by atoms with Crippen LogP contribution in [0.2, 0.25) is 0 Å². The van der Waals surface area contributed by atoms with E-state index in [1.54, 1.807) is 30.4 Å². The van der Waals surface area contributed by atoms with E-state index in [9.17, 15) is 4.39 Å². The topological polar surface area (TPSA) is 26.0 Å². The molecule has 0 fully saturated rings. The molecule has 0 aliphatic heterocycles. The van der Waals surface area contributed by atoms with Crippen molar-refractivity contribution in [3.05, 3.63) is 57.5 Å². The van der Waals surface area contributed by atoms with Crippen LogP contribution in [-0.4, -0.2) is 0 Å². The lowest BCUT2D eigenvalue weighted by atomic mass is 10.0. The molecular formula is C12H13ClFNS. The van der Waals surface area contributed by atoms with Gasteiger partial charge in [-0.2, -0.15) is 0 Å². The lowest BCUT2D eigenvalue weighted by Gasteiger charge is -2.10. The molecule has 0 saturated carbocycles. The Kier molecular flexibility index (Phi) is 4.47. The molecule has 2 rings (SSSR count). The first-order valence-electron chi connectivity index (χ1n) is 4.73. The minimum absolute atomic E-state index is 0. The summed E-state index contributed by atoms with van der Waals surface area (Å²) >= 11 is 1.62. The lowest BCUT2D eigenvalue weighted by molar-refractivity contribution is 0.617. The van der Waals surface area contributed by atoms with Gasteiger partial charge in [0.05, 0.1) is 6.04 Å². The minimum atomic E-state index is -0.183. The molecule has 0 amide bonds. The van der Waals surface area contributed by atoms with Crippen LogP contribution in [0, 0.1) is 12.7 Å². The highest BCUT2D eigenvalue weighted by Crippen LogP contribution is 2.24. The smallest absolute Gasteiger partial charge is 0.126 e. The van der Waals surface area contributed by atoms with Crippen LogP contribution in [0.15, 0.2) is 35.7 Å². The van der Waals surface area contributed by atoms with Crippen molar-refractivity contribution in [3.63, 3.8) is 0 Å². The highest BCUT2D eigenvalue weighted by atomic mass is 35.5. The van der Waals surface area contributed by atoms with Crippen molar-refractivity contribution in [2.24, 2.45) is 5.73 Å². The molecule has 2 N–H and O–H groups in total. The van der Waals surface area contributed by atoms with Gasteiger partial charge in [-0.05, 0) is 35.6 Å². The predicted octanol–water partition coefficient (Wildman–Crippen LogP) is 3.67. The molecule has 1 aromatic heterocycles. The van der Waals surface area contributed by atoms with E-state index >= 15 is 0 Å². The number of hydrogen-bond acceptors (Lipinski definition) is 2. The minimum Gasteiger partial charge on any atom is -0.320 e. The first-order valence-corrected chi connectivity index (χ1v) is 5.61. The maximum Gasteiger partial charge on any atom is 0.126 e. The predicted molar refractivity (Wildman–Crippen MR) is 68.7 cm³/mol. The van der Waals surface area contributed by atoms with E-state index in [0.717, 1.165) is 10.4 Å². The number of aryl methyl sites for hydroxylation is 1. The Morgan fingerprint density at radius 1 is 1.31 bits per heavy atom. The average molecular weight is 258 g/mol. The van der Waals surface area contributed by atoms with Crippen LogP contribution in [0.25, 0.3) is 0 Å². The molecule has 0 unspecified atom stereocenters. The second-order valence-corrected chi connectivity index (χ2v) is 4.48. The van der Waals surface area contributed by atoms with Crippen LogP contribution in [0.1, 0.15) is 22.0 Å². The number of nitrogens with two attached hydrogens (primary N) is 1. The Morgan fingerprint density at radius 3 is 2.62 bits per heavy atom. The molecule has 0 radical (unpaired) electrons. The largest absolute Gasteiger partial charge is 0.320 e. The Labute approximate surface area is 105 Å². The molecular weight excluding hydrogens is 245 g/mol. The molecule has 1 aromatic carbocycles. The van der Waals surface area contributed by atoms with Gasteiger partial charge in [-0.3, -0.25) is 0 Å². The summed E-state index contributed by atoms with van der Waals surface area (Å²) < 4.78 is 13.1. The van der Waals surface area contributed by atoms with Gasteiger partial charge in [-0.1, -0.05) is 18.2 Å². The van der Waals surface area contributed by atoms with Crippen molar-refractivity contribution < 1.29 is 4.39 Å². The number of benzene rings is 1. The van der Waals surface area contributed by atoms with Crippen molar-refractivity contribution in [1.29, 1.82) is 0 Å². The number of rotatable bonds is 2. The SMILES string of the molecule is Cc1cc([C@@H](N)c2cccs2)ccc1F.Cl. The summed E-state index contributed by atoms with van der Waals surface area (Å²) in [6.07, 6.45) is 0. The van der Waals surface area contributed by atoms with Crippen molar-refractivity contribution >= 4 is 23.7 Å². The number of halogens is 2. The van der Waals surface area contributed by atoms with Crippen molar-refractivity contribution in [1.82, 2.24) is 0 Å². The first-order chi connectivity index (χ1) is 7.18. The fourth-order valence-electron chi connectivity index (χ4n) is 1.49. The summed E-state index contributed by atoms with van der Waals surface area (Å²) in [6, 6.07) is 8.83. The van der Waals surface area contributed by atoms with Crippen LogP contribution in [0.4, 0.5) is 4.39 Å². The van der Waals surface area contributed by atoms with Gasteiger partial charge in [0, 0.05) is 4.88 Å². The zero-order chi connectivity index (χ0) is 10.8. The summed E-state index contributed by atoms with van der Waals surface area (Å²) in [6.45, 7) is 1.75. The Bertz CT molecular complexity index is 456. The molecule has 86 valence electrons. The van der Waals surface area contributed by atoms with Gasteiger partial charge in [0.2, 0.25) is 0 Å². The normalized spacial score (nSPS) is 11.9. The molecule has 1 atom stereocenters. The van der Waals surface area contributed by atoms with Gasteiger partial charge in [-0.15, -0.1) is 23.7 Å². The molecule has 4 heteroatoms. The van der Waals surface area contributed by atoms with Crippen LogP contribution in [0.3, 0.4) is 0 Å². The van der Waals surface area contributed by atoms with Crippen molar-refractivity contribution in [2.45, 2.75) is 13.0 Å². The molecule has 16 heavy (non-hydrogen) atoms. The van der Waals surface area contributed by atoms with E-state index in [2.05, 4.69) is 0 Å². The second-order valence-electron chi connectivity index (χ2n) is 3.50. The van der Waals surface area contributed by atoms with Crippen LogP contribution < -0.4 is 5.73 Å². The molecule has 0 saturated heterocycles. The fourth-order valence-corrected chi connectivity index (χ4v) is 2.25. The molecule has 0 spiro atoms. The molecule has 2 aromatic rings.